The van der Waals surface area contributed by atoms with Crippen LogP contribution in [0.1, 0.15) is 31.9 Å². The molecule has 7 nitrogen and oxygen atoms in total. The van der Waals surface area contributed by atoms with Crippen molar-refractivity contribution in [3.05, 3.63) is 34.0 Å². The number of urea groups is 1. The average molecular weight is 378 g/mol. The van der Waals surface area contributed by atoms with Gasteiger partial charge in [0.1, 0.15) is 12.1 Å². The number of thiazole rings is 1. The fourth-order valence-corrected chi connectivity index (χ4v) is 3.92. The van der Waals surface area contributed by atoms with Gasteiger partial charge in [-0.15, -0.1) is 11.3 Å². The first-order valence-electron chi connectivity index (χ1n) is 7.83. The Kier molecular flexibility index (Phi) is 5.14. The second-order valence-electron chi connectivity index (χ2n) is 6.12. The maximum absolute atomic E-state index is 12.8. The van der Waals surface area contributed by atoms with Crippen LogP contribution in [0.25, 0.3) is 0 Å². The van der Waals surface area contributed by atoms with Crippen LogP contribution in [-0.2, 0) is 9.59 Å². The Morgan fingerprint density at radius 3 is 2.80 bits per heavy atom. The summed E-state index contributed by atoms with van der Waals surface area (Å²) in [6, 6.07) is -0.355. The molecule has 0 radical (unpaired) electrons. The molecule has 0 spiro atoms. The zero-order valence-corrected chi connectivity index (χ0v) is 15.4. The lowest BCUT2D eigenvalue weighted by Gasteiger charge is -2.25. The van der Waals surface area contributed by atoms with E-state index in [0.717, 1.165) is 10.5 Å². The van der Waals surface area contributed by atoms with Gasteiger partial charge in [-0.1, -0.05) is 13.8 Å². The molecule has 1 saturated heterocycles. The number of nitrogens with one attached hydrogen (secondary N) is 2. The van der Waals surface area contributed by atoms with Gasteiger partial charge in [0, 0.05) is 11.6 Å². The molecule has 3 heterocycles. The van der Waals surface area contributed by atoms with Crippen LogP contribution in [0, 0.1) is 5.92 Å². The molecule has 132 valence electrons. The molecular weight excluding hydrogens is 360 g/mol. The average Bonchev–Trinajstić information content (AvgIpc) is 3.28. The van der Waals surface area contributed by atoms with E-state index in [1.807, 2.05) is 24.6 Å². The summed E-state index contributed by atoms with van der Waals surface area (Å²) in [6.45, 7) is 3.89. The third-order valence-electron chi connectivity index (χ3n) is 3.82. The van der Waals surface area contributed by atoms with Gasteiger partial charge in [0.15, 0.2) is 5.13 Å². The van der Waals surface area contributed by atoms with Gasteiger partial charge >= 0.3 is 6.03 Å². The van der Waals surface area contributed by atoms with E-state index >= 15 is 0 Å². The third kappa shape index (κ3) is 3.72. The normalized spacial score (nSPS) is 18.5. The zero-order chi connectivity index (χ0) is 18.0. The first-order chi connectivity index (χ1) is 12.0. The van der Waals surface area contributed by atoms with E-state index in [0.29, 0.717) is 11.6 Å². The summed E-state index contributed by atoms with van der Waals surface area (Å²) in [5, 5.41) is 11.2. The van der Waals surface area contributed by atoms with Crippen LogP contribution in [0.2, 0.25) is 0 Å². The summed E-state index contributed by atoms with van der Waals surface area (Å²) in [7, 11) is 0. The third-order valence-corrected chi connectivity index (χ3v) is 5.21. The number of carbonyl (C=O) groups is 3. The Bertz CT molecular complexity index is 758. The highest BCUT2D eigenvalue weighted by atomic mass is 32.1. The molecule has 1 fully saturated rings. The Morgan fingerprint density at radius 1 is 1.40 bits per heavy atom. The molecule has 0 aromatic carbocycles. The van der Waals surface area contributed by atoms with E-state index in [1.54, 1.807) is 17.6 Å². The monoisotopic (exact) mass is 378 g/mol. The summed E-state index contributed by atoms with van der Waals surface area (Å²) in [4.78, 5) is 43.0. The van der Waals surface area contributed by atoms with Crippen LogP contribution in [0.4, 0.5) is 9.93 Å². The number of nitrogens with zero attached hydrogens (tertiary/aromatic N) is 2. The van der Waals surface area contributed by atoms with Crippen LogP contribution in [0.3, 0.4) is 0 Å². The number of hydrogen-bond acceptors (Lipinski definition) is 6. The van der Waals surface area contributed by atoms with Crippen molar-refractivity contribution in [2.45, 2.75) is 32.4 Å². The first kappa shape index (κ1) is 17.6. The molecule has 2 atom stereocenters. The molecule has 0 bridgehead atoms. The minimum Gasteiger partial charge on any atom is -0.322 e. The van der Waals surface area contributed by atoms with Crippen molar-refractivity contribution in [3.8, 4) is 0 Å². The van der Waals surface area contributed by atoms with Crippen molar-refractivity contribution in [2.75, 3.05) is 5.32 Å². The fraction of sp³-hybridized carbons (Fsp3) is 0.375. The quantitative estimate of drug-likeness (QED) is 0.756. The molecule has 1 aliphatic heterocycles. The second-order valence-corrected chi connectivity index (χ2v) is 7.79. The van der Waals surface area contributed by atoms with Gasteiger partial charge in [-0.05, 0) is 34.7 Å². The molecular formula is C16H18N4O3S2. The predicted octanol–water partition coefficient (Wildman–Crippen LogP) is 2.85. The highest BCUT2D eigenvalue weighted by Gasteiger charge is 2.45. The van der Waals surface area contributed by atoms with Crippen molar-refractivity contribution >= 4 is 45.7 Å². The molecule has 2 aromatic rings. The van der Waals surface area contributed by atoms with Gasteiger partial charge in [0.2, 0.25) is 5.91 Å². The zero-order valence-electron chi connectivity index (χ0n) is 13.8. The van der Waals surface area contributed by atoms with Gasteiger partial charge in [0.25, 0.3) is 5.91 Å². The molecule has 9 heteroatoms. The van der Waals surface area contributed by atoms with E-state index in [4.69, 9.17) is 0 Å². The SMILES string of the molecule is CC(C)C[C@@H](C(=O)Nc1nccs1)N1C(=O)NC(c2ccsc2)C1=O. The summed E-state index contributed by atoms with van der Waals surface area (Å²) >= 11 is 2.74. The fourth-order valence-electron chi connectivity index (χ4n) is 2.70. The van der Waals surface area contributed by atoms with E-state index in [9.17, 15) is 14.4 Å². The number of thiophene rings is 1. The van der Waals surface area contributed by atoms with Crippen molar-refractivity contribution < 1.29 is 14.4 Å². The van der Waals surface area contributed by atoms with E-state index in [2.05, 4.69) is 15.6 Å². The Morgan fingerprint density at radius 2 is 2.20 bits per heavy atom. The molecule has 0 aliphatic carbocycles. The largest absolute Gasteiger partial charge is 0.325 e. The van der Waals surface area contributed by atoms with Crippen molar-refractivity contribution in [1.82, 2.24) is 15.2 Å². The Labute approximate surface area is 153 Å². The maximum atomic E-state index is 12.8. The van der Waals surface area contributed by atoms with Crippen LogP contribution in [-0.4, -0.2) is 33.8 Å². The number of carbonyl (C=O) groups excluding carboxylic acids is 3. The molecule has 2 N–H and O–H groups in total. The van der Waals surface area contributed by atoms with Crippen molar-refractivity contribution in [3.63, 3.8) is 0 Å². The Balaban J connectivity index is 1.83. The summed E-state index contributed by atoms with van der Waals surface area (Å²) < 4.78 is 0. The number of amides is 4. The maximum Gasteiger partial charge on any atom is 0.325 e. The smallest absolute Gasteiger partial charge is 0.322 e. The molecule has 2 aromatic heterocycles. The summed E-state index contributed by atoms with van der Waals surface area (Å²) in [6.07, 6.45) is 1.96. The second kappa shape index (κ2) is 7.32. The summed E-state index contributed by atoms with van der Waals surface area (Å²) in [5.41, 5.74) is 0.731. The molecule has 4 amide bonds. The number of aromatic nitrogens is 1. The highest BCUT2D eigenvalue weighted by Crippen LogP contribution is 2.27. The lowest BCUT2D eigenvalue weighted by Crippen LogP contribution is -2.48. The predicted molar refractivity (Wildman–Crippen MR) is 96.4 cm³/mol. The van der Waals surface area contributed by atoms with Crippen LogP contribution in [0.5, 0.6) is 0 Å². The van der Waals surface area contributed by atoms with Crippen molar-refractivity contribution in [1.29, 1.82) is 0 Å². The standard InChI is InChI=1S/C16H18N4O3S2/c1-9(2)7-11(13(21)19-15-17-4-6-25-15)20-14(22)12(18-16(20)23)10-3-5-24-8-10/h3-6,8-9,11-12H,7H2,1-2H3,(H,18,23)(H,17,19,21)/t11-,12?/m0/s1. The van der Waals surface area contributed by atoms with Crippen LogP contribution >= 0.6 is 22.7 Å². The number of rotatable bonds is 6. The van der Waals surface area contributed by atoms with Gasteiger partial charge in [-0.25, -0.2) is 14.7 Å². The van der Waals surface area contributed by atoms with Gasteiger partial charge in [-0.3, -0.25) is 9.59 Å². The molecule has 0 saturated carbocycles. The number of hydrogen-bond donors (Lipinski definition) is 2. The summed E-state index contributed by atoms with van der Waals surface area (Å²) in [5.74, 6) is -0.672. The molecule has 1 aliphatic rings. The highest BCUT2D eigenvalue weighted by molar-refractivity contribution is 7.13. The van der Waals surface area contributed by atoms with Crippen LogP contribution in [0.15, 0.2) is 28.4 Å². The molecule has 25 heavy (non-hydrogen) atoms. The van der Waals surface area contributed by atoms with E-state index < -0.39 is 29.9 Å². The minimum absolute atomic E-state index is 0.132. The first-order valence-corrected chi connectivity index (χ1v) is 9.65. The molecule has 1 unspecified atom stereocenters. The van der Waals surface area contributed by atoms with E-state index in [1.165, 1.54) is 22.7 Å². The minimum atomic E-state index is -0.875. The van der Waals surface area contributed by atoms with Gasteiger partial charge < -0.3 is 10.6 Å². The number of imide groups is 1. The topological polar surface area (TPSA) is 91.4 Å². The van der Waals surface area contributed by atoms with E-state index in [-0.39, 0.29) is 5.92 Å². The Hall–Kier alpha value is -2.26. The van der Waals surface area contributed by atoms with Gasteiger partial charge in [-0.2, -0.15) is 11.3 Å². The number of anilines is 1. The lowest BCUT2D eigenvalue weighted by molar-refractivity contribution is -0.134. The van der Waals surface area contributed by atoms with Gasteiger partial charge in [0.05, 0.1) is 0 Å². The lowest BCUT2D eigenvalue weighted by atomic mass is 10.0. The van der Waals surface area contributed by atoms with Crippen molar-refractivity contribution in [2.24, 2.45) is 5.92 Å². The van der Waals surface area contributed by atoms with Crippen LogP contribution < -0.4 is 10.6 Å². The molecule has 3 rings (SSSR count).